The maximum absolute atomic E-state index is 12.5. The van der Waals surface area contributed by atoms with E-state index in [2.05, 4.69) is 4.98 Å². The summed E-state index contributed by atoms with van der Waals surface area (Å²) in [5.41, 5.74) is 2.35. The molecule has 0 spiro atoms. The summed E-state index contributed by atoms with van der Waals surface area (Å²) in [6.45, 7) is 1.64. The fraction of sp³-hybridized carbons (Fsp3) is 0.227. The van der Waals surface area contributed by atoms with Gasteiger partial charge in [0.25, 0.3) is 0 Å². The second kappa shape index (κ2) is 8.60. The number of fused-ring (bicyclic) bond motifs is 1. The first-order valence-electron chi connectivity index (χ1n) is 8.85. The maximum atomic E-state index is 12.5. The van der Waals surface area contributed by atoms with Crippen molar-refractivity contribution < 1.29 is 28.5 Å². The van der Waals surface area contributed by atoms with Crippen LogP contribution in [0.5, 0.6) is 11.5 Å². The standard InChI is InChI=1S/C22H21NO6/c1-13-15-7-5-6-8-16(15)23-17(20(13)22(25)28-4)12-29-21(24)14-9-10-18(26-2)19(11-14)27-3/h5-11H,12H2,1-4H3. The van der Waals surface area contributed by atoms with E-state index in [0.717, 1.165) is 10.9 Å². The second-order valence-electron chi connectivity index (χ2n) is 6.21. The highest BCUT2D eigenvalue weighted by Crippen LogP contribution is 2.28. The van der Waals surface area contributed by atoms with E-state index in [4.69, 9.17) is 18.9 Å². The van der Waals surface area contributed by atoms with Gasteiger partial charge >= 0.3 is 11.9 Å². The number of aromatic nitrogens is 1. The number of pyridine rings is 1. The van der Waals surface area contributed by atoms with E-state index in [1.54, 1.807) is 12.1 Å². The normalized spacial score (nSPS) is 10.5. The molecule has 0 saturated heterocycles. The maximum Gasteiger partial charge on any atom is 0.340 e. The largest absolute Gasteiger partial charge is 0.493 e. The number of rotatable bonds is 6. The van der Waals surface area contributed by atoms with Crippen LogP contribution in [-0.4, -0.2) is 38.3 Å². The van der Waals surface area contributed by atoms with Crippen molar-refractivity contribution >= 4 is 22.8 Å². The number of hydrogen-bond donors (Lipinski definition) is 0. The SMILES string of the molecule is COC(=O)c1c(COC(=O)c2ccc(OC)c(OC)c2)nc2ccccc2c1C. The Morgan fingerprint density at radius 3 is 2.34 bits per heavy atom. The number of aryl methyl sites for hydroxylation is 1. The van der Waals surface area contributed by atoms with Gasteiger partial charge in [0.05, 0.1) is 43.7 Å². The van der Waals surface area contributed by atoms with Crippen LogP contribution in [-0.2, 0) is 16.1 Å². The van der Waals surface area contributed by atoms with Gasteiger partial charge in [-0.15, -0.1) is 0 Å². The van der Waals surface area contributed by atoms with Crippen LogP contribution in [0.15, 0.2) is 42.5 Å². The Labute approximate surface area is 168 Å². The third kappa shape index (κ3) is 3.99. The van der Waals surface area contributed by atoms with Crippen LogP contribution >= 0.6 is 0 Å². The minimum Gasteiger partial charge on any atom is -0.493 e. The predicted molar refractivity (Wildman–Crippen MR) is 106 cm³/mol. The molecule has 1 heterocycles. The summed E-state index contributed by atoms with van der Waals surface area (Å²) in [5.74, 6) is -0.187. The third-order valence-corrected chi connectivity index (χ3v) is 4.58. The van der Waals surface area contributed by atoms with Gasteiger partial charge in [-0.25, -0.2) is 14.6 Å². The fourth-order valence-electron chi connectivity index (χ4n) is 3.10. The van der Waals surface area contributed by atoms with Crippen molar-refractivity contribution in [3.63, 3.8) is 0 Å². The first-order valence-corrected chi connectivity index (χ1v) is 8.85. The molecule has 0 N–H and O–H groups in total. The molecule has 0 atom stereocenters. The minimum atomic E-state index is -0.575. The summed E-state index contributed by atoms with van der Waals surface area (Å²) >= 11 is 0. The molecule has 3 rings (SSSR count). The molecule has 0 saturated carbocycles. The molecule has 0 unspecified atom stereocenters. The summed E-state index contributed by atoms with van der Waals surface area (Å²) in [5, 5.41) is 0.836. The van der Waals surface area contributed by atoms with E-state index < -0.39 is 11.9 Å². The van der Waals surface area contributed by atoms with Gasteiger partial charge in [-0.2, -0.15) is 0 Å². The topological polar surface area (TPSA) is 84.0 Å². The summed E-state index contributed by atoms with van der Waals surface area (Å²) in [6, 6.07) is 12.2. The van der Waals surface area contributed by atoms with Crippen molar-refractivity contribution in [2.45, 2.75) is 13.5 Å². The first kappa shape index (κ1) is 20.1. The van der Waals surface area contributed by atoms with Crippen LogP contribution in [0.1, 0.15) is 32.0 Å². The molecule has 0 fully saturated rings. The Kier molecular flexibility index (Phi) is 5.97. The van der Waals surface area contributed by atoms with Gasteiger partial charge in [-0.05, 0) is 36.8 Å². The third-order valence-electron chi connectivity index (χ3n) is 4.58. The zero-order chi connectivity index (χ0) is 21.0. The average molecular weight is 395 g/mol. The lowest BCUT2D eigenvalue weighted by molar-refractivity contribution is 0.0455. The summed E-state index contributed by atoms with van der Waals surface area (Å²) in [7, 11) is 4.30. The van der Waals surface area contributed by atoms with Gasteiger partial charge in [0.1, 0.15) is 6.61 Å². The van der Waals surface area contributed by atoms with Crippen LogP contribution in [0, 0.1) is 6.92 Å². The lowest BCUT2D eigenvalue weighted by Crippen LogP contribution is -2.14. The number of para-hydroxylation sites is 1. The molecule has 0 aliphatic carbocycles. The van der Waals surface area contributed by atoms with Crippen molar-refractivity contribution in [2.75, 3.05) is 21.3 Å². The molecule has 150 valence electrons. The van der Waals surface area contributed by atoms with Gasteiger partial charge in [-0.1, -0.05) is 18.2 Å². The number of ether oxygens (including phenoxy) is 4. The van der Waals surface area contributed by atoms with Gasteiger partial charge in [-0.3, -0.25) is 0 Å². The number of nitrogens with zero attached hydrogens (tertiary/aromatic N) is 1. The van der Waals surface area contributed by atoms with Gasteiger partial charge in [0.2, 0.25) is 0 Å². The van der Waals surface area contributed by atoms with Crippen LogP contribution in [0.4, 0.5) is 0 Å². The second-order valence-corrected chi connectivity index (χ2v) is 6.21. The molecule has 29 heavy (non-hydrogen) atoms. The van der Waals surface area contributed by atoms with Crippen LogP contribution in [0.2, 0.25) is 0 Å². The summed E-state index contributed by atoms with van der Waals surface area (Å²) < 4.78 is 20.7. The Bertz CT molecular complexity index is 1080. The van der Waals surface area contributed by atoms with Crippen molar-refractivity contribution in [1.82, 2.24) is 4.98 Å². The fourth-order valence-corrected chi connectivity index (χ4v) is 3.10. The molecule has 7 nitrogen and oxygen atoms in total. The molecule has 2 aromatic carbocycles. The minimum absolute atomic E-state index is 0.177. The highest BCUT2D eigenvalue weighted by molar-refractivity contribution is 5.98. The zero-order valence-electron chi connectivity index (χ0n) is 16.6. The highest BCUT2D eigenvalue weighted by atomic mass is 16.5. The lowest BCUT2D eigenvalue weighted by Gasteiger charge is -2.14. The average Bonchev–Trinajstić information content (AvgIpc) is 2.76. The molecular formula is C22H21NO6. The number of carbonyl (C=O) groups excluding carboxylic acids is 2. The molecular weight excluding hydrogens is 374 g/mol. The summed E-state index contributed by atoms with van der Waals surface area (Å²) in [4.78, 5) is 29.4. The Hall–Kier alpha value is -3.61. The smallest absolute Gasteiger partial charge is 0.340 e. The number of carbonyl (C=O) groups is 2. The van der Waals surface area contributed by atoms with Crippen molar-refractivity contribution in [3.8, 4) is 11.5 Å². The number of hydrogen-bond acceptors (Lipinski definition) is 7. The molecule has 0 radical (unpaired) electrons. The van der Waals surface area contributed by atoms with Gasteiger partial charge < -0.3 is 18.9 Å². The molecule has 0 aliphatic rings. The Morgan fingerprint density at radius 1 is 0.931 bits per heavy atom. The molecule has 0 amide bonds. The monoisotopic (exact) mass is 395 g/mol. The molecule has 7 heteroatoms. The van der Waals surface area contributed by atoms with Gasteiger partial charge in [0.15, 0.2) is 11.5 Å². The van der Waals surface area contributed by atoms with E-state index in [1.165, 1.54) is 27.4 Å². The predicted octanol–water partition coefficient (Wildman–Crippen LogP) is 3.70. The van der Waals surface area contributed by atoms with E-state index in [0.29, 0.717) is 33.8 Å². The van der Waals surface area contributed by atoms with Gasteiger partial charge in [0, 0.05) is 5.39 Å². The van der Waals surface area contributed by atoms with Crippen molar-refractivity contribution in [2.24, 2.45) is 0 Å². The van der Waals surface area contributed by atoms with E-state index in [1.807, 2.05) is 31.2 Å². The first-order chi connectivity index (χ1) is 14.0. The van der Waals surface area contributed by atoms with E-state index in [9.17, 15) is 9.59 Å². The lowest BCUT2D eigenvalue weighted by atomic mass is 10.0. The summed E-state index contributed by atoms with van der Waals surface area (Å²) in [6.07, 6.45) is 0. The Balaban J connectivity index is 1.92. The van der Waals surface area contributed by atoms with E-state index in [-0.39, 0.29) is 6.61 Å². The number of benzene rings is 2. The Morgan fingerprint density at radius 2 is 1.66 bits per heavy atom. The highest BCUT2D eigenvalue weighted by Gasteiger charge is 2.21. The van der Waals surface area contributed by atoms with Crippen LogP contribution < -0.4 is 9.47 Å². The quantitative estimate of drug-likeness (QED) is 0.588. The number of esters is 2. The molecule has 1 aromatic heterocycles. The van der Waals surface area contributed by atoms with Crippen LogP contribution in [0.25, 0.3) is 10.9 Å². The molecule has 0 bridgehead atoms. The zero-order valence-corrected chi connectivity index (χ0v) is 16.6. The molecule has 3 aromatic rings. The number of methoxy groups -OCH3 is 3. The molecule has 0 aliphatic heterocycles. The van der Waals surface area contributed by atoms with Crippen molar-refractivity contribution in [3.05, 3.63) is 64.8 Å². The van der Waals surface area contributed by atoms with E-state index >= 15 is 0 Å². The van der Waals surface area contributed by atoms with Crippen LogP contribution in [0.3, 0.4) is 0 Å². The van der Waals surface area contributed by atoms with Crippen molar-refractivity contribution in [1.29, 1.82) is 0 Å².